The van der Waals surface area contributed by atoms with E-state index in [9.17, 15) is 9.59 Å². The van der Waals surface area contributed by atoms with Gasteiger partial charge in [-0.25, -0.2) is 4.79 Å². The molecule has 2 fully saturated rings. The second-order valence-corrected chi connectivity index (χ2v) is 8.31. The van der Waals surface area contributed by atoms with E-state index in [4.69, 9.17) is 11.6 Å². The Morgan fingerprint density at radius 1 is 0.900 bits per heavy atom. The van der Waals surface area contributed by atoms with Gasteiger partial charge in [-0.1, -0.05) is 35.9 Å². The summed E-state index contributed by atoms with van der Waals surface area (Å²) in [5, 5.41) is 3.65. The van der Waals surface area contributed by atoms with Crippen LogP contribution < -0.4 is 10.2 Å². The molecule has 1 atom stereocenters. The van der Waals surface area contributed by atoms with Crippen molar-refractivity contribution in [3.05, 3.63) is 59.6 Å². The van der Waals surface area contributed by atoms with Crippen molar-refractivity contribution >= 4 is 34.9 Å². The summed E-state index contributed by atoms with van der Waals surface area (Å²) in [6, 6.07) is 17.1. The van der Waals surface area contributed by atoms with E-state index >= 15 is 0 Å². The first kappa shape index (κ1) is 20.5. The molecule has 0 spiro atoms. The number of nitrogens with one attached hydrogen (secondary N) is 1. The van der Waals surface area contributed by atoms with Gasteiger partial charge in [0.2, 0.25) is 5.91 Å². The third-order valence-corrected chi connectivity index (χ3v) is 6.08. The smallest absolute Gasteiger partial charge is 0.321 e. The molecule has 4 rings (SSSR count). The number of carbonyl (C=O) groups is 2. The number of rotatable bonds is 3. The van der Waals surface area contributed by atoms with Crippen LogP contribution in [0.1, 0.15) is 12.8 Å². The highest BCUT2D eigenvalue weighted by Crippen LogP contribution is 2.23. The molecular weight excluding hydrogens is 400 g/mol. The largest absolute Gasteiger partial charge is 0.368 e. The Balaban J connectivity index is 1.31. The molecule has 1 N–H and O–H groups in total. The van der Waals surface area contributed by atoms with Crippen LogP contribution in [-0.4, -0.2) is 61.0 Å². The lowest BCUT2D eigenvalue weighted by atomic mass is 9.96. The minimum atomic E-state index is -0.135. The molecule has 2 saturated heterocycles. The summed E-state index contributed by atoms with van der Waals surface area (Å²) in [5.74, 6) is 0.0379. The van der Waals surface area contributed by atoms with Gasteiger partial charge in [0.25, 0.3) is 0 Å². The second-order valence-electron chi connectivity index (χ2n) is 7.87. The first-order valence-electron chi connectivity index (χ1n) is 10.5. The lowest BCUT2D eigenvalue weighted by Crippen LogP contribution is -2.53. The molecule has 2 aliphatic heterocycles. The minimum absolute atomic E-state index is 0.127. The van der Waals surface area contributed by atoms with Gasteiger partial charge in [-0.2, -0.15) is 0 Å². The van der Waals surface area contributed by atoms with E-state index < -0.39 is 0 Å². The zero-order chi connectivity index (χ0) is 20.9. The molecule has 7 heteroatoms. The Bertz CT molecular complexity index is 884. The van der Waals surface area contributed by atoms with Gasteiger partial charge in [0.05, 0.1) is 5.92 Å². The average Bonchev–Trinajstić information content (AvgIpc) is 2.79. The Morgan fingerprint density at radius 2 is 1.67 bits per heavy atom. The summed E-state index contributed by atoms with van der Waals surface area (Å²) in [6.07, 6.45) is 1.68. The molecule has 1 unspecified atom stereocenters. The molecule has 0 saturated carbocycles. The first-order valence-corrected chi connectivity index (χ1v) is 10.9. The van der Waals surface area contributed by atoms with Crippen LogP contribution in [-0.2, 0) is 4.79 Å². The van der Waals surface area contributed by atoms with Gasteiger partial charge in [-0.15, -0.1) is 0 Å². The van der Waals surface area contributed by atoms with Crippen LogP contribution in [0.5, 0.6) is 0 Å². The van der Waals surface area contributed by atoms with Crippen molar-refractivity contribution in [2.45, 2.75) is 12.8 Å². The van der Waals surface area contributed by atoms with E-state index in [-0.39, 0.29) is 17.9 Å². The van der Waals surface area contributed by atoms with Gasteiger partial charge in [-0.3, -0.25) is 4.79 Å². The maximum atomic E-state index is 13.1. The van der Waals surface area contributed by atoms with Crippen LogP contribution in [0.25, 0.3) is 0 Å². The molecule has 3 amide bonds. The molecular formula is C23H27ClN4O2. The number of anilines is 2. The molecule has 6 nitrogen and oxygen atoms in total. The Kier molecular flexibility index (Phi) is 6.43. The van der Waals surface area contributed by atoms with Gasteiger partial charge >= 0.3 is 6.03 Å². The quantitative estimate of drug-likeness (QED) is 0.808. The van der Waals surface area contributed by atoms with Gasteiger partial charge in [0.15, 0.2) is 0 Å². The van der Waals surface area contributed by atoms with Gasteiger partial charge in [0.1, 0.15) is 0 Å². The number of piperidine rings is 1. The fourth-order valence-electron chi connectivity index (χ4n) is 4.20. The topological polar surface area (TPSA) is 55.9 Å². The minimum Gasteiger partial charge on any atom is -0.368 e. The van der Waals surface area contributed by atoms with Gasteiger partial charge in [0, 0.05) is 55.7 Å². The van der Waals surface area contributed by atoms with Crippen LogP contribution >= 0.6 is 11.6 Å². The Morgan fingerprint density at radius 3 is 2.40 bits per heavy atom. The van der Waals surface area contributed by atoms with Gasteiger partial charge < -0.3 is 20.0 Å². The monoisotopic (exact) mass is 426 g/mol. The van der Waals surface area contributed by atoms with E-state index in [0.29, 0.717) is 26.2 Å². The first-order chi connectivity index (χ1) is 14.6. The molecule has 0 aliphatic carbocycles. The summed E-state index contributed by atoms with van der Waals surface area (Å²) in [4.78, 5) is 31.7. The summed E-state index contributed by atoms with van der Waals surface area (Å²) in [5.41, 5.74) is 1.86. The van der Waals surface area contributed by atoms with Crippen molar-refractivity contribution in [1.82, 2.24) is 9.80 Å². The Labute approximate surface area is 182 Å². The molecule has 0 bridgehead atoms. The molecule has 2 aliphatic rings. The van der Waals surface area contributed by atoms with E-state index in [2.05, 4.69) is 10.2 Å². The van der Waals surface area contributed by atoms with E-state index in [0.717, 1.165) is 42.3 Å². The van der Waals surface area contributed by atoms with Crippen molar-refractivity contribution < 1.29 is 9.59 Å². The van der Waals surface area contributed by atoms with Crippen molar-refractivity contribution in [3.63, 3.8) is 0 Å². The third-order valence-electron chi connectivity index (χ3n) is 5.85. The standard InChI is InChI=1S/C23H27ClN4O2/c24-19-7-4-10-21(16-19)26-12-14-27(15-13-26)22(29)18-6-5-11-28(17-18)23(30)25-20-8-2-1-3-9-20/h1-4,7-10,16,18H,5-6,11-15,17H2,(H,25,30). The molecule has 0 radical (unpaired) electrons. The maximum absolute atomic E-state index is 13.1. The SMILES string of the molecule is O=C(Nc1ccccc1)N1CCCC(C(=O)N2CCN(c3cccc(Cl)c3)CC2)C1. The zero-order valence-electron chi connectivity index (χ0n) is 17.0. The maximum Gasteiger partial charge on any atom is 0.321 e. The van der Waals surface area contributed by atoms with E-state index in [1.54, 1.807) is 4.90 Å². The number of amides is 3. The lowest BCUT2D eigenvalue weighted by molar-refractivity contribution is -0.137. The fourth-order valence-corrected chi connectivity index (χ4v) is 4.39. The molecule has 2 heterocycles. The molecule has 30 heavy (non-hydrogen) atoms. The Hall–Kier alpha value is -2.73. The highest BCUT2D eigenvalue weighted by atomic mass is 35.5. The van der Waals surface area contributed by atoms with Crippen LogP contribution in [0.4, 0.5) is 16.2 Å². The third kappa shape index (κ3) is 4.87. The lowest BCUT2D eigenvalue weighted by Gasteiger charge is -2.39. The normalized spacial score (nSPS) is 19.5. The van der Waals surface area contributed by atoms with Crippen molar-refractivity contribution in [1.29, 1.82) is 0 Å². The summed E-state index contributed by atoms with van der Waals surface area (Å²) in [7, 11) is 0. The zero-order valence-corrected chi connectivity index (χ0v) is 17.7. The number of carbonyl (C=O) groups excluding carboxylic acids is 2. The molecule has 0 aromatic heterocycles. The molecule has 2 aromatic rings. The summed E-state index contributed by atoms with van der Waals surface area (Å²) >= 11 is 6.11. The number of nitrogens with zero attached hydrogens (tertiary/aromatic N) is 3. The summed E-state index contributed by atoms with van der Waals surface area (Å²) < 4.78 is 0. The predicted octanol–water partition coefficient (Wildman–Crippen LogP) is 3.93. The van der Waals surface area contributed by atoms with Crippen LogP contribution in [0.2, 0.25) is 5.02 Å². The number of benzene rings is 2. The van der Waals surface area contributed by atoms with Crippen LogP contribution in [0, 0.1) is 5.92 Å². The fraction of sp³-hybridized carbons (Fsp3) is 0.391. The van der Waals surface area contributed by atoms with Crippen LogP contribution in [0.3, 0.4) is 0 Å². The number of likely N-dealkylation sites (tertiary alicyclic amines) is 1. The number of hydrogen-bond donors (Lipinski definition) is 1. The van der Waals surface area contributed by atoms with Crippen LogP contribution in [0.15, 0.2) is 54.6 Å². The highest BCUT2D eigenvalue weighted by molar-refractivity contribution is 6.30. The number of piperazine rings is 1. The molecule has 158 valence electrons. The number of para-hydroxylation sites is 1. The van der Waals surface area contributed by atoms with E-state index in [1.165, 1.54) is 0 Å². The number of urea groups is 1. The second kappa shape index (κ2) is 9.39. The average molecular weight is 427 g/mol. The van der Waals surface area contributed by atoms with Crippen molar-refractivity contribution in [2.75, 3.05) is 49.5 Å². The van der Waals surface area contributed by atoms with E-state index in [1.807, 2.05) is 59.5 Å². The van der Waals surface area contributed by atoms with Gasteiger partial charge in [-0.05, 0) is 43.2 Å². The number of hydrogen-bond acceptors (Lipinski definition) is 3. The highest BCUT2D eigenvalue weighted by Gasteiger charge is 2.32. The van der Waals surface area contributed by atoms with Crippen molar-refractivity contribution in [3.8, 4) is 0 Å². The van der Waals surface area contributed by atoms with Crippen molar-refractivity contribution in [2.24, 2.45) is 5.92 Å². The summed E-state index contributed by atoms with van der Waals surface area (Å²) in [6.45, 7) is 4.13. The predicted molar refractivity (Wildman–Crippen MR) is 120 cm³/mol. The number of halogens is 1. The molecule has 2 aromatic carbocycles.